The lowest BCUT2D eigenvalue weighted by Crippen LogP contribution is -2.29. The molecule has 1 rings (SSSR count). The van der Waals surface area contributed by atoms with E-state index >= 15 is 0 Å². The number of hydrogen-bond donors (Lipinski definition) is 2. The van der Waals surface area contributed by atoms with Gasteiger partial charge < -0.3 is 10.4 Å². The lowest BCUT2D eigenvalue weighted by molar-refractivity contribution is -0.121. The maximum absolute atomic E-state index is 11.7. The molecule has 0 spiro atoms. The highest BCUT2D eigenvalue weighted by Gasteiger charge is 2.15. The minimum absolute atomic E-state index is 0.0199. The van der Waals surface area contributed by atoms with E-state index in [-0.39, 0.29) is 23.6 Å². The molecule has 0 aliphatic heterocycles. The van der Waals surface area contributed by atoms with Gasteiger partial charge in [-0.1, -0.05) is 32.9 Å². The largest absolute Gasteiger partial charge is 0.476 e. The van der Waals surface area contributed by atoms with Gasteiger partial charge in [0.1, 0.15) is 6.54 Å². The molecular weight excluding hydrogens is 272 g/mol. The van der Waals surface area contributed by atoms with Crippen LogP contribution in [0.25, 0.3) is 0 Å². The molecule has 1 unspecified atom stereocenters. The molecule has 118 valence electrons. The van der Waals surface area contributed by atoms with Crippen LogP contribution in [0.2, 0.25) is 0 Å². The summed E-state index contributed by atoms with van der Waals surface area (Å²) in [6, 6.07) is 0. The Labute approximate surface area is 124 Å². The minimum atomic E-state index is -1.15. The number of aromatic carboxylic acids is 1. The van der Waals surface area contributed by atoms with E-state index in [0.29, 0.717) is 12.5 Å². The molecule has 1 heterocycles. The van der Waals surface area contributed by atoms with Crippen LogP contribution in [0.4, 0.5) is 0 Å². The van der Waals surface area contributed by atoms with Crippen molar-refractivity contribution in [2.45, 2.75) is 47.1 Å². The molecule has 21 heavy (non-hydrogen) atoms. The highest BCUT2D eigenvalue weighted by Crippen LogP contribution is 2.25. The van der Waals surface area contributed by atoms with Crippen LogP contribution in [0, 0.1) is 11.3 Å². The summed E-state index contributed by atoms with van der Waals surface area (Å²) in [7, 11) is 0. The van der Waals surface area contributed by atoms with Crippen molar-refractivity contribution in [2.75, 3.05) is 6.54 Å². The third kappa shape index (κ3) is 6.87. The van der Waals surface area contributed by atoms with Gasteiger partial charge in [0.15, 0.2) is 5.69 Å². The van der Waals surface area contributed by atoms with Crippen LogP contribution in [-0.2, 0) is 11.3 Å². The molecule has 1 aromatic rings. The SMILES string of the molecule is CC(CCNC(=O)Cn1cc(C(=O)O)nn1)CC(C)(C)C. The van der Waals surface area contributed by atoms with Crippen molar-refractivity contribution in [3.8, 4) is 0 Å². The average Bonchev–Trinajstić information content (AvgIpc) is 2.74. The van der Waals surface area contributed by atoms with E-state index in [4.69, 9.17) is 5.11 Å². The van der Waals surface area contributed by atoms with Gasteiger partial charge in [-0.3, -0.25) is 4.79 Å². The zero-order valence-electron chi connectivity index (χ0n) is 13.1. The first-order chi connectivity index (χ1) is 9.67. The maximum atomic E-state index is 11.7. The zero-order valence-corrected chi connectivity index (χ0v) is 13.1. The Morgan fingerprint density at radius 2 is 2.10 bits per heavy atom. The molecule has 0 radical (unpaired) electrons. The van der Waals surface area contributed by atoms with E-state index < -0.39 is 5.97 Å². The summed E-state index contributed by atoms with van der Waals surface area (Å²) in [6.45, 7) is 9.37. The maximum Gasteiger partial charge on any atom is 0.358 e. The fraction of sp³-hybridized carbons (Fsp3) is 0.714. The number of amides is 1. The Hall–Kier alpha value is -1.92. The molecule has 7 heteroatoms. The Bertz CT molecular complexity index is 491. The van der Waals surface area contributed by atoms with E-state index in [0.717, 1.165) is 12.8 Å². The monoisotopic (exact) mass is 296 g/mol. The van der Waals surface area contributed by atoms with Crippen molar-refractivity contribution in [3.63, 3.8) is 0 Å². The van der Waals surface area contributed by atoms with Crippen LogP contribution in [0.3, 0.4) is 0 Å². The van der Waals surface area contributed by atoms with Gasteiger partial charge in [0.05, 0.1) is 6.20 Å². The van der Waals surface area contributed by atoms with Crippen LogP contribution in [-0.4, -0.2) is 38.5 Å². The number of rotatable bonds is 7. The standard InChI is InChI=1S/C14H24N4O3/c1-10(7-14(2,3)4)5-6-15-12(19)9-18-8-11(13(20)21)16-17-18/h8,10H,5-7,9H2,1-4H3,(H,15,19)(H,20,21). The Morgan fingerprint density at radius 3 is 2.62 bits per heavy atom. The number of carboxylic acid groups (broad SMARTS) is 1. The third-order valence-corrected chi connectivity index (χ3v) is 2.98. The lowest BCUT2D eigenvalue weighted by Gasteiger charge is -2.23. The summed E-state index contributed by atoms with van der Waals surface area (Å²) >= 11 is 0. The van der Waals surface area contributed by atoms with Crippen molar-refractivity contribution in [2.24, 2.45) is 11.3 Å². The molecule has 0 bridgehead atoms. The van der Waals surface area contributed by atoms with Gasteiger partial charge in [-0.2, -0.15) is 0 Å². The molecule has 0 aliphatic rings. The first-order valence-electron chi connectivity index (χ1n) is 7.07. The molecular formula is C14H24N4O3. The number of carbonyl (C=O) groups excluding carboxylic acids is 1. The number of carboxylic acids is 1. The molecule has 1 amide bonds. The molecule has 0 aliphatic carbocycles. The zero-order chi connectivity index (χ0) is 16.0. The fourth-order valence-corrected chi connectivity index (χ4v) is 2.28. The lowest BCUT2D eigenvalue weighted by atomic mass is 9.84. The van der Waals surface area contributed by atoms with Crippen molar-refractivity contribution in [1.29, 1.82) is 0 Å². The van der Waals surface area contributed by atoms with Crippen molar-refractivity contribution < 1.29 is 14.7 Å². The number of carbonyl (C=O) groups is 2. The smallest absolute Gasteiger partial charge is 0.358 e. The summed E-state index contributed by atoms with van der Waals surface area (Å²) in [5, 5.41) is 18.6. The number of aromatic nitrogens is 3. The van der Waals surface area contributed by atoms with Crippen LogP contribution in [0.1, 0.15) is 51.0 Å². The topological polar surface area (TPSA) is 97.1 Å². The molecule has 0 fully saturated rings. The van der Waals surface area contributed by atoms with Crippen molar-refractivity contribution in [1.82, 2.24) is 20.3 Å². The second-order valence-corrected chi connectivity index (χ2v) is 6.62. The van der Waals surface area contributed by atoms with Crippen LogP contribution < -0.4 is 5.32 Å². The van der Waals surface area contributed by atoms with Gasteiger partial charge in [-0.05, 0) is 24.2 Å². The van der Waals surface area contributed by atoms with Gasteiger partial charge in [0.2, 0.25) is 5.91 Å². The Kier molecular flexibility index (Phi) is 5.87. The van der Waals surface area contributed by atoms with Gasteiger partial charge in [-0.15, -0.1) is 5.10 Å². The van der Waals surface area contributed by atoms with E-state index in [1.165, 1.54) is 10.9 Å². The predicted octanol–water partition coefficient (Wildman–Crippen LogP) is 1.55. The van der Waals surface area contributed by atoms with E-state index in [9.17, 15) is 9.59 Å². The second-order valence-electron chi connectivity index (χ2n) is 6.62. The summed E-state index contributed by atoms with van der Waals surface area (Å²) in [5.41, 5.74) is 0.124. The number of nitrogens with zero attached hydrogens (tertiary/aromatic N) is 3. The molecule has 1 aromatic heterocycles. The third-order valence-electron chi connectivity index (χ3n) is 2.98. The van der Waals surface area contributed by atoms with Gasteiger partial charge in [0.25, 0.3) is 0 Å². The van der Waals surface area contributed by atoms with E-state index in [1.54, 1.807) is 0 Å². The van der Waals surface area contributed by atoms with E-state index in [2.05, 4.69) is 43.3 Å². The Balaban J connectivity index is 2.29. The number of hydrogen-bond acceptors (Lipinski definition) is 4. The molecule has 0 aromatic carbocycles. The second kappa shape index (κ2) is 7.19. The van der Waals surface area contributed by atoms with Crippen LogP contribution in [0.15, 0.2) is 6.20 Å². The molecule has 1 atom stereocenters. The molecule has 2 N–H and O–H groups in total. The minimum Gasteiger partial charge on any atom is -0.476 e. The highest BCUT2D eigenvalue weighted by molar-refractivity contribution is 5.84. The first kappa shape index (κ1) is 17.1. The molecule has 0 saturated carbocycles. The normalized spacial score (nSPS) is 13.0. The van der Waals surface area contributed by atoms with Gasteiger partial charge >= 0.3 is 5.97 Å². The Morgan fingerprint density at radius 1 is 1.43 bits per heavy atom. The van der Waals surface area contributed by atoms with Gasteiger partial charge in [0, 0.05) is 6.54 Å². The van der Waals surface area contributed by atoms with Crippen LogP contribution >= 0.6 is 0 Å². The highest BCUT2D eigenvalue weighted by atomic mass is 16.4. The predicted molar refractivity (Wildman–Crippen MR) is 77.8 cm³/mol. The summed E-state index contributed by atoms with van der Waals surface area (Å²) in [6.07, 6.45) is 3.26. The van der Waals surface area contributed by atoms with Crippen molar-refractivity contribution >= 4 is 11.9 Å². The summed E-state index contributed by atoms with van der Waals surface area (Å²) < 4.78 is 1.22. The van der Waals surface area contributed by atoms with Gasteiger partial charge in [-0.25, -0.2) is 9.48 Å². The average molecular weight is 296 g/mol. The number of nitrogens with one attached hydrogen (secondary N) is 1. The fourth-order valence-electron chi connectivity index (χ4n) is 2.28. The molecule has 0 saturated heterocycles. The summed E-state index contributed by atoms with van der Waals surface area (Å²) in [4.78, 5) is 22.4. The summed E-state index contributed by atoms with van der Waals surface area (Å²) in [5.74, 6) is -0.812. The first-order valence-corrected chi connectivity index (χ1v) is 7.07. The van der Waals surface area contributed by atoms with Crippen LogP contribution in [0.5, 0.6) is 0 Å². The quantitative estimate of drug-likeness (QED) is 0.795. The molecule has 7 nitrogen and oxygen atoms in total. The van der Waals surface area contributed by atoms with E-state index in [1.807, 2.05) is 0 Å². The van der Waals surface area contributed by atoms with Crippen molar-refractivity contribution in [3.05, 3.63) is 11.9 Å².